The van der Waals surface area contributed by atoms with Gasteiger partial charge in [-0.2, -0.15) is 0 Å². The van der Waals surface area contributed by atoms with Crippen molar-refractivity contribution in [2.45, 2.75) is 144 Å². The lowest BCUT2D eigenvalue weighted by atomic mass is 9.84. The lowest BCUT2D eigenvalue weighted by molar-refractivity contribution is -0.143. The molecule has 3 atom stereocenters. The number of hydrogen-bond acceptors (Lipinski definition) is 4. The lowest BCUT2D eigenvalue weighted by Gasteiger charge is -2.38. The van der Waals surface area contributed by atoms with Crippen LogP contribution in [0.2, 0.25) is 0 Å². The summed E-state index contributed by atoms with van der Waals surface area (Å²) in [4.78, 5) is 19.3. The molecule has 6 nitrogen and oxygen atoms in total. The van der Waals surface area contributed by atoms with Crippen LogP contribution in [-0.4, -0.2) is 32.9 Å². The highest BCUT2D eigenvalue weighted by atomic mass is 16.5. The first kappa shape index (κ1) is 34.8. The Morgan fingerprint density at radius 3 is 1.77 bits per heavy atom. The van der Waals surface area contributed by atoms with Gasteiger partial charge in [-0.05, 0) is 87.8 Å². The summed E-state index contributed by atoms with van der Waals surface area (Å²) in [6, 6.07) is 0. The van der Waals surface area contributed by atoms with E-state index in [1.807, 2.05) is 13.8 Å². The van der Waals surface area contributed by atoms with Gasteiger partial charge in [-0.25, -0.2) is 0 Å². The Morgan fingerprint density at radius 2 is 1.28 bits per heavy atom. The number of aliphatic carboxylic acids is 2. The Kier molecular flexibility index (Phi) is 15.0. The summed E-state index contributed by atoms with van der Waals surface area (Å²) in [5.74, 6) is 1.88. The zero-order chi connectivity index (χ0) is 29.8. The van der Waals surface area contributed by atoms with E-state index in [4.69, 9.17) is 14.9 Å². The van der Waals surface area contributed by atoms with Gasteiger partial charge in [0.25, 0.3) is 0 Å². The molecule has 0 aliphatic carbocycles. The number of fused-ring (bicyclic) bond motifs is 1. The van der Waals surface area contributed by atoms with E-state index in [0.29, 0.717) is 5.75 Å². The van der Waals surface area contributed by atoms with E-state index in [1.54, 1.807) is 0 Å². The molecular formula is C33H56O6. The van der Waals surface area contributed by atoms with E-state index in [-0.39, 0.29) is 18.4 Å². The topological polar surface area (TPSA) is 104 Å². The number of aromatic hydroxyl groups is 1. The lowest BCUT2D eigenvalue weighted by Crippen LogP contribution is -2.37. The van der Waals surface area contributed by atoms with Crippen molar-refractivity contribution >= 4 is 11.9 Å². The van der Waals surface area contributed by atoms with Crippen molar-refractivity contribution in [1.29, 1.82) is 0 Å². The minimum Gasteiger partial charge on any atom is -0.507 e. The van der Waals surface area contributed by atoms with Crippen LogP contribution in [0, 0.1) is 38.5 Å². The van der Waals surface area contributed by atoms with Crippen molar-refractivity contribution in [2.24, 2.45) is 17.8 Å². The molecule has 1 heterocycles. The summed E-state index contributed by atoms with van der Waals surface area (Å²) in [6.45, 7) is 17.9. The molecule has 2 rings (SSSR count). The van der Waals surface area contributed by atoms with Crippen LogP contribution in [0.15, 0.2) is 0 Å². The zero-order valence-corrected chi connectivity index (χ0v) is 26.0. The number of carbonyl (C=O) groups is 2. The van der Waals surface area contributed by atoms with E-state index in [2.05, 4.69) is 41.5 Å². The molecule has 0 saturated heterocycles. The molecule has 3 N–H and O–H groups in total. The second-order valence-corrected chi connectivity index (χ2v) is 12.7. The molecule has 1 aromatic carbocycles. The molecule has 0 fully saturated rings. The maximum Gasteiger partial charge on any atom is 0.303 e. The van der Waals surface area contributed by atoms with Gasteiger partial charge in [0.15, 0.2) is 0 Å². The molecule has 0 radical (unpaired) electrons. The highest BCUT2D eigenvalue weighted by Crippen LogP contribution is 2.44. The van der Waals surface area contributed by atoms with Gasteiger partial charge in [0, 0.05) is 5.56 Å². The van der Waals surface area contributed by atoms with E-state index in [1.165, 1.54) is 56.9 Å². The Morgan fingerprint density at radius 1 is 0.795 bits per heavy atom. The van der Waals surface area contributed by atoms with Crippen LogP contribution in [0.4, 0.5) is 0 Å². The standard InChI is InChI=1S/C29H50O2.C4H6O4/c1-20(2)12-9-13-21(3)14-10-15-22(4)16-11-18-29(8)19-17-26-25(7)27(30)23(5)24(6)28(26)31-29;5-3(6)1-2-4(7)8/h20-22,30H,9-19H2,1-8H3;1-2H2,(H,5,6)(H,7,8)/t21?,22?,29-;/m1./s1. The van der Waals surface area contributed by atoms with Crippen LogP contribution < -0.4 is 4.74 Å². The first-order valence-corrected chi connectivity index (χ1v) is 15.1. The van der Waals surface area contributed by atoms with E-state index >= 15 is 0 Å². The van der Waals surface area contributed by atoms with Crippen molar-refractivity contribution in [2.75, 3.05) is 0 Å². The zero-order valence-electron chi connectivity index (χ0n) is 26.0. The average Bonchev–Trinajstić information content (AvgIpc) is 2.85. The number of rotatable bonds is 15. The summed E-state index contributed by atoms with van der Waals surface area (Å²) in [6.07, 6.45) is 13.5. The monoisotopic (exact) mass is 548 g/mol. The molecule has 0 saturated carbocycles. The van der Waals surface area contributed by atoms with E-state index in [0.717, 1.165) is 59.5 Å². The maximum absolute atomic E-state index is 10.4. The van der Waals surface area contributed by atoms with Crippen molar-refractivity contribution in [3.63, 3.8) is 0 Å². The van der Waals surface area contributed by atoms with Crippen molar-refractivity contribution in [1.82, 2.24) is 0 Å². The van der Waals surface area contributed by atoms with Gasteiger partial charge < -0.3 is 20.1 Å². The average molecular weight is 549 g/mol. The molecular weight excluding hydrogens is 492 g/mol. The van der Waals surface area contributed by atoms with Crippen LogP contribution in [0.3, 0.4) is 0 Å². The molecule has 1 aliphatic rings. The van der Waals surface area contributed by atoms with E-state index in [9.17, 15) is 14.7 Å². The fraction of sp³-hybridized carbons (Fsp3) is 0.758. The molecule has 0 amide bonds. The Labute approximate surface area is 237 Å². The molecule has 224 valence electrons. The summed E-state index contributed by atoms with van der Waals surface area (Å²) in [7, 11) is 0. The number of carboxylic acids is 2. The predicted octanol–water partition coefficient (Wildman–Crippen LogP) is 8.78. The van der Waals surface area contributed by atoms with Gasteiger partial charge in [0.2, 0.25) is 0 Å². The summed E-state index contributed by atoms with van der Waals surface area (Å²) >= 11 is 0. The number of phenolic OH excluding ortho intramolecular Hbond substituents is 1. The summed E-state index contributed by atoms with van der Waals surface area (Å²) in [5, 5.41) is 26.2. The maximum atomic E-state index is 10.4. The Balaban J connectivity index is 0.000000824. The fourth-order valence-corrected chi connectivity index (χ4v) is 5.49. The first-order valence-electron chi connectivity index (χ1n) is 15.1. The number of hydrogen-bond donors (Lipinski definition) is 3. The number of phenols is 1. The van der Waals surface area contributed by atoms with Crippen molar-refractivity contribution < 1.29 is 29.6 Å². The molecule has 39 heavy (non-hydrogen) atoms. The second-order valence-electron chi connectivity index (χ2n) is 12.7. The third-order valence-corrected chi connectivity index (χ3v) is 8.42. The van der Waals surface area contributed by atoms with Crippen LogP contribution >= 0.6 is 0 Å². The number of benzene rings is 1. The van der Waals surface area contributed by atoms with E-state index < -0.39 is 11.9 Å². The molecule has 0 spiro atoms. The minimum absolute atomic E-state index is 0.0712. The van der Waals surface area contributed by atoms with Gasteiger partial charge in [-0.15, -0.1) is 0 Å². The van der Waals surface area contributed by atoms with Crippen LogP contribution in [0.5, 0.6) is 11.5 Å². The quantitative estimate of drug-likeness (QED) is 0.202. The molecule has 0 aromatic heterocycles. The van der Waals surface area contributed by atoms with Crippen molar-refractivity contribution in [3.8, 4) is 11.5 Å². The second kappa shape index (κ2) is 16.8. The van der Waals surface area contributed by atoms with Gasteiger partial charge in [0.1, 0.15) is 17.1 Å². The molecule has 2 unspecified atom stereocenters. The number of carboxylic acid groups (broad SMARTS) is 2. The van der Waals surface area contributed by atoms with Crippen LogP contribution in [-0.2, 0) is 16.0 Å². The van der Waals surface area contributed by atoms with Gasteiger partial charge in [-0.3, -0.25) is 9.59 Å². The molecule has 1 aliphatic heterocycles. The third kappa shape index (κ3) is 12.7. The highest BCUT2D eigenvalue weighted by Gasteiger charge is 2.34. The minimum atomic E-state index is -1.08. The SMILES string of the molecule is Cc1c(C)c2c(c(C)c1O)CC[C@@](C)(CCCC(C)CCCC(C)CCCC(C)C)O2.O=C(O)CCC(=O)O. The molecule has 0 bridgehead atoms. The predicted molar refractivity (Wildman–Crippen MR) is 159 cm³/mol. The summed E-state index contributed by atoms with van der Waals surface area (Å²) < 4.78 is 6.60. The van der Waals surface area contributed by atoms with Crippen molar-refractivity contribution in [3.05, 3.63) is 22.3 Å². The summed E-state index contributed by atoms with van der Waals surface area (Å²) in [5.41, 5.74) is 4.23. The van der Waals surface area contributed by atoms with Crippen LogP contribution in [0.25, 0.3) is 0 Å². The Bertz CT molecular complexity index is 908. The van der Waals surface area contributed by atoms with Gasteiger partial charge in [0.05, 0.1) is 12.8 Å². The molecule has 6 heteroatoms. The third-order valence-electron chi connectivity index (χ3n) is 8.42. The first-order chi connectivity index (χ1) is 18.2. The Hall–Kier alpha value is -2.24. The smallest absolute Gasteiger partial charge is 0.303 e. The molecule has 1 aromatic rings. The fourth-order valence-electron chi connectivity index (χ4n) is 5.49. The normalized spacial score (nSPS) is 18.0. The number of ether oxygens (including phenoxy) is 1. The van der Waals surface area contributed by atoms with Gasteiger partial charge >= 0.3 is 11.9 Å². The van der Waals surface area contributed by atoms with Crippen LogP contribution in [0.1, 0.15) is 134 Å². The van der Waals surface area contributed by atoms with Gasteiger partial charge in [-0.1, -0.05) is 72.6 Å². The highest BCUT2D eigenvalue weighted by molar-refractivity contribution is 5.75. The largest absolute Gasteiger partial charge is 0.507 e.